The molecule has 2 heterocycles. The summed E-state index contributed by atoms with van der Waals surface area (Å²) < 4.78 is 10.5. The minimum atomic E-state index is -0.420. The lowest BCUT2D eigenvalue weighted by atomic mass is 10.2. The maximum absolute atomic E-state index is 12.1. The highest BCUT2D eigenvalue weighted by molar-refractivity contribution is 8.18. The second-order valence-corrected chi connectivity index (χ2v) is 5.60. The van der Waals surface area contributed by atoms with E-state index in [2.05, 4.69) is 5.92 Å². The summed E-state index contributed by atoms with van der Waals surface area (Å²) in [7, 11) is 0. The molecule has 3 rings (SSSR count). The van der Waals surface area contributed by atoms with E-state index in [9.17, 15) is 9.59 Å². The van der Waals surface area contributed by atoms with Crippen LogP contribution in [-0.4, -0.2) is 29.4 Å². The molecule has 1 fully saturated rings. The smallest absolute Gasteiger partial charge is 0.294 e. The lowest BCUT2D eigenvalue weighted by Crippen LogP contribution is -2.28. The predicted octanol–water partition coefficient (Wildman–Crippen LogP) is 2.74. The van der Waals surface area contributed by atoms with Gasteiger partial charge in [0, 0.05) is 6.07 Å². The molecule has 1 aromatic rings. The first-order valence-electron chi connectivity index (χ1n) is 5.88. The minimum Gasteiger partial charge on any atom is -0.454 e. The summed E-state index contributed by atoms with van der Waals surface area (Å²) in [5.74, 6) is 2.96. The molecule has 21 heavy (non-hydrogen) atoms. The van der Waals surface area contributed by atoms with Crippen LogP contribution in [0.5, 0.6) is 11.5 Å². The number of amides is 2. The zero-order valence-corrected chi connectivity index (χ0v) is 12.2. The normalized spacial score (nSPS) is 18.5. The maximum atomic E-state index is 12.1. The van der Waals surface area contributed by atoms with Crippen molar-refractivity contribution >= 4 is 40.6 Å². The van der Waals surface area contributed by atoms with Crippen molar-refractivity contribution in [1.82, 2.24) is 4.90 Å². The summed E-state index contributed by atoms with van der Waals surface area (Å²) in [6.07, 6.45) is 6.69. The van der Waals surface area contributed by atoms with Gasteiger partial charge in [-0.1, -0.05) is 17.5 Å². The van der Waals surface area contributed by atoms with Crippen molar-refractivity contribution in [2.24, 2.45) is 0 Å². The molecule has 5 nitrogen and oxygen atoms in total. The van der Waals surface area contributed by atoms with Gasteiger partial charge in [0.15, 0.2) is 11.5 Å². The van der Waals surface area contributed by atoms with Crippen LogP contribution in [-0.2, 0) is 4.79 Å². The number of carbonyl (C=O) groups is 2. The average Bonchev–Trinajstić information content (AvgIpc) is 2.99. The number of hydrogen-bond donors (Lipinski definition) is 0. The van der Waals surface area contributed by atoms with E-state index >= 15 is 0 Å². The Morgan fingerprint density at radius 2 is 2.10 bits per heavy atom. The third-order valence-electron chi connectivity index (χ3n) is 2.90. The van der Waals surface area contributed by atoms with E-state index in [0.717, 1.165) is 16.7 Å². The van der Waals surface area contributed by atoms with E-state index in [0.29, 0.717) is 22.1 Å². The van der Waals surface area contributed by atoms with Gasteiger partial charge >= 0.3 is 0 Å². The van der Waals surface area contributed by atoms with Crippen molar-refractivity contribution in [1.29, 1.82) is 0 Å². The van der Waals surface area contributed by atoms with Crippen molar-refractivity contribution in [3.63, 3.8) is 0 Å². The molecule has 0 atom stereocenters. The molecule has 2 aliphatic heterocycles. The minimum absolute atomic E-state index is 0.0448. The van der Waals surface area contributed by atoms with E-state index in [4.69, 9.17) is 27.5 Å². The number of benzene rings is 1. The van der Waals surface area contributed by atoms with Crippen LogP contribution in [0.2, 0.25) is 5.02 Å². The van der Waals surface area contributed by atoms with Gasteiger partial charge in [-0.2, -0.15) is 0 Å². The molecule has 0 radical (unpaired) electrons. The summed E-state index contributed by atoms with van der Waals surface area (Å²) in [6, 6.07) is 3.28. The van der Waals surface area contributed by atoms with Crippen LogP contribution in [0.1, 0.15) is 5.56 Å². The number of thioether (sulfide) groups is 1. The predicted molar refractivity (Wildman–Crippen MR) is 79.1 cm³/mol. The number of rotatable bonds is 2. The highest BCUT2D eigenvalue weighted by atomic mass is 35.5. The second kappa shape index (κ2) is 5.35. The van der Waals surface area contributed by atoms with Crippen molar-refractivity contribution in [2.45, 2.75) is 0 Å². The van der Waals surface area contributed by atoms with Gasteiger partial charge < -0.3 is 9.47 Å². The zero-order valence-electron chi connectivity index (χ0n) is 10.6. The van der Waals surface area contributed by atoms with E-state index in [1.165, 1.54) is 0 Å². The van der Waals surface area contributed by atoms with Crippen molar-refractivity contribution < 1.29 is 19.1 Å². The van der Waals surface area contributed by atoms with E-state index in [1.807, 2.05) is 0 Å². The molecule has 2 aliphatic rings. The third kappa shape index (κ3) is 2.46. The Labute approximate surface area is 129 Å². The summed E-state index contributed by atoms with van der Waals surface area (Å²) >= 11 is 6.97. The Bertz CT molecular complexity index is 722. The number of nitrogens with zero attached hydrogens (tertiary/aromatic N) is 1. The van der Waals surface area contributed by atoms with Crippen molar-refractivity contribution in [2.75, 3.05) is 13.3 Å². The van der Waals surface area contributed by atoms with Crippen LogP contribution >= 0.6 is 23.4 Å². The Kier molecular flexibility index (Phi) is 3.53. The molecular weight excluding hydrogens is 314 g/mol. The van der Waals surface area contributed by atoms with Gasteiger partial charge in [0.05, 0.1) is 16.5 Å². The quantitative estimate of drug-likeness (QED) is 0.619. The first kappa shape index (κ1) is 13.9. The molecule has 1 saturated heterocycles. The number of halogens is 1. The van der Waals surface area contributed by atoms with Gasteiger partial charge in [-0.25, -0.2) is 0 Å². The van der Waals surface area contributed by atoms with E-state index in [-0.39, 0.29) is 23.5 Å². The number of imide groups is 1. The molecule has 0 unspecified atom stereocenters. The van der Waals surface area contributed by atoms with Crippen LogP contribution in [0.4, 0.5) is 4.79 Å². The van der Waals surface area contributed by atoms with Gasteiger partial charge in [0.2, 0.25) is 6.79 Å². The molecule has 106 valence electrons. The molecule has 0 N–H and O–H groups in total. The molecule has 7 heteroatoms. The molecule has 0 aliphatic carbocycles. The standard InChI is InChI=1S/C14H8ClNO4S/c1-2-3-16-13(17)12(21-14(16)18)5-8-4-10-11(6-9(8)15)20-7-19-10/h1,4-6H,3,7H2/b12-5-. The third-order valence-corrected chi connectivity index (χ3v) is 4.14. The summed E-state index contributed by atoms with van der Waals surface area (Å²) in [4.78, 5) is 25.1. The van der Waals surface area contributed by atoms with E-state index in [1.54, 1.807) is 18.2 Å². The highest BCUT2D eigenvalue weighted by Crippen LogP contribution is 2.39. The number of fused-ring (bicyclic) bond motifs is 1. The SMILES string of the molecule is C#CCN1C(=O)S/C(=C\c2cc3c(cc2Cl)OCO3)C1=O. The van der Waals surface area contributed by atoms with Gasteiger partial charge in [-0.15, -0.1) is 6.42 Å². The number of terminal acetylenes is 1. The highest BCUT2D eigenvalue weighted by Gasteiger charge is 2.34. The molecule has 0 aromatic heterocycles. The summed E-state index contributed by atoms with van der Waals surface area (Å²) in [5, 5.41) is 0.0177. The first-order valence-corrected chi connectivity index (χ1v) is 7.07. The van der Waals surface area contributed by atoms with Crippen molar-refractivity contribution in [3.05, 3.63) is 27.6 Å². The Hall–Kier alpha value is -2.10. The topological polar surface area (TPSA) is 55.8 Å². The average molecular weight is 322 g/mol. The summed E-state index contributed by atoms with van der Waals surface area (Å²) in [5.41, 5.74) is 0.576. The second-order valence-electron chi connectivity index (χ2n) is 4.20. The van der Waals surface area contributed by atoms with Crippen LogP contribution in [0, 0.1) is 12.3 Å². The van der Waals surface area contributed by atoms with Crippen LogP contribution in [0.3, 0.4) is 0 Å². The van der Waals surface area contributed by atoms with Crippen molar-refractivity contribution in [3.8, 4) is 23.8 Å². The fourth-order valence-corrected chi connectivity index (χ4v) is 2.95. The monoisotopic (exact) mass is 321 g/mol. The summed E-state index contributed by atoms with van der Waals surface area (Å²) in [6.45, 7) is 0.0880. The number of ether oxygens (including phenoxy) is 2. The van der Waals surface area contributed by atoms with Crippen LogP contribution in [0.15, 0.2) is 17.0 Å². The lowest BCUT2D eigenvalue weighted by molar-refractivity contribution is -0.122. The van der Waals surface area contributed by atoms with Crippen LogP contribution < -0.4 is 9.47 Å². The Morgan fingerprint density at radius 3 is 2.81 bits per heavy atom. The molecule has 1 aromatic carbocycles. The first-order chi connectivity index (χ1) is 10.1. The fourth-order valence-electron chi connectivity index (χ4n) is 1.91. The van der Waals surface area contributed by atoms with Gasteiger partial charge in [0.25, 0.3) is 11.1 Å². The number of carbonyl (C=O) groups excluding carboxylic acids is 2. The lowest BCUT2D eigenvalue weighted by Gasteiger charge is -2.06. The van der Waals surface area contributed by atoms with Gasteiger partial charge in [-0.3, -0.25) is 14.5 Å². The van der Waals surface area contributed by atoms with Gasteiger partial charge in [0.1, 0.15) is 0 Å². The van der Waals surface area contributed by atoms with E-state index < -0.39 is 5.91 Å². The molecular formula is C14H8ClNO4S. The largest absolute Gasteiger partial charge is 0.454 e. The molecule has 0 saturated carbocycles. The number of hydrogen-bond acceptors (Lipinski definition) is 5. The fraction of sp³-hybridized carbons (Fsp3) is 0.143. The molecule has 2 amide bonds. The molecule has 0 bridgehead atoms. The van der Waals surface area contributed by atoms with Crippen LogP contribution in [0.25, 0.3) is 6.08 Å². The maximum Gasteiger partial charge on any atom is 0.294 e. The van der Waals surface area contributed by atoms with Gasteiger partial charge in [-0.05, 0) is 29.5 Å². The molecule has 0 spiro atoms. The Morgan fingerprint density at radius 1 is 1.38 bits per heavy atom. The zero-order chi connectivity index (χ0) is 15.0. The Balaban J connectivity index is 1.95.